The fourth-order valence-electron chi connectivity index (χ4n) is 3.74. The van der Waals surface area contributed by atoms with Gasteiger partial charge in [0.05, 0.1) is 0 Å². The molecule has 30 heavy (non-hydrogen) atoms. The summed E-state index contributed by atoms with van der Waals surface area (Å²) in [7, 11) is 0. The third-order valence-electron chi connectivity index (χ3n) is 5.72. The van der Waals surface area contributed by atoms with E-state index in [9.17, 15) is 18.8 Å². The number of anilines is 1. The lowest BCUT2D eigenvalue weighted by atomic mass is 9.87. The summed E-state index contributed by atoms with van der Waals surface area (Å²) in [6.07, 6.45) is 1.19. The van der Waals surface area contributed by atoms with Crippen molar-refractivity contribution in [2.24, 2.45) is 0 Å². The number of hydrogen-bond acceptors (Lipinski definition) is 3. The van der Waals surface area contributed by atoms with Gasteiger partial charge in [-0.3, -0.25) is 14.5 Å². The zero-order chi connectivity index (χ0) is 21.9. The lowest BCUT2D eigenvalue weighted by Gasteiger charge is -2.25. The first-order valence-electron chi connectivity index (χ1n) is 10.1. The van der Waals surface area contributed by atoms with Crippen molar-refractivity contribution in [2.45, 2.75) is 45.1 Å². The maximum Gasteiger partial charge on any atom is 0.325 e. The number of para-hydroxylation sites is 1. The maximum atomic E-state index is 13.3. The standard InChI is InChI=1S/C23H26FN3O3/c1-4-15(3)18-8-6-7-9-19(18)25-20(28)14-27-21(29)23(5-2,26-22(27)30)16-10-12-17(24)13-11-16/h6-13,15H,4-5,14H2,1-3H3,(H,25,28)(H,26,30)/t15-,23-/m0/s1. The van der Waals surface area contributed by atoms with Crippen LogP contribution in [-0.2, 0) is 15.1 Å². The third-order valence-corrected chi connectivity index (χ3v) is 5.72. The first-order valence-corrected chi connectivity index (χ1v) is 10.1. The molecular weight excluding hydrogens is 385 g/mol. The molecule has 1 fully saturated rings. The molecule has 0 saturated carbocycles. The number of nitrogens with zero attached hydrogens (tertiary/aromatic N) is 1. The van der Waals surface area contributed by atoms with Crippen LogP contribution in [0.3, 0.4) is 0 Å². The van der Waals surface area contributed by atoms with Crippen molar-refractivity contribution in [1.82, 2.24) is 10.2 Å². The van der Waals surface area contributed by atoms with Crippen molar-refractivity contribution in [3.63, 3.8) is 0 Å². The number of halogens is 1. The molecule has 1 aliphatic rings. The second-order valence-electron chi connectivity index (χ2n) is 7.53. The second kappa shape index (κ2) is 8.65. The summed E-state index contributed by atoms with van der Waals surface area (Å²) in [6, 6.07) is 12.3. The molecule has 1 heterocycles. The van der Waals surface area contributed by atoms with Crippen LogP contribution in [0.5, 0.6) is 0 Å². The average Bonchev–Trinajstić information content (AvgIpc) is 2.99. The van der Waals surface area contributed by atoms with Gasteiger partial charge in [-0.25, -0.2) is 9.18 Å². The van der Waals surface area contributed by atoms with Crippen LogP contribution in [0, 0.1) is 5.82 Å². The van der Waals surface area contributed by atoms with E-state index in [1.807, 2.05) is 18.2 Å². The minimum Gasteiger partial charge on any atom is -0.324 e. The average molecular weight is 411 g/mol. The van der Waals surface area contributed by atoms with E-state index in [2.05, 4.69) is 24.5 Å². The summed E-state index contributed by atoms with van der Waals surface area (Å²) >= 11 is 0. The Labute approximate surface area is 175 Å². The van der Waals surface area contributed by atoms with E-state index >= 15 is 0 Å². The van der Waals surface area contributed by atoms with Gasteiger partial charge in [-0.1, -0.05) is 51.1 Å². The van der Waals surface area contributed by atoms with Gasteiger partial charge in [0.15, 0.2) is 0 Å². The van der Waals surface area contributed by atoms with Crippen molar-refractivity contribution < 1.29 is 18.8 Å². The molecule has 158 valence electrons. The first-order chi connectivity index (χ1) is 14.3. The minimum absolute atomic E-state index is 0.254. The quantitative estimate of drug-likeness (QED) is 0.673. The van der Waals surface area contributed by atoms with Crippen LogP contribution in [0.1, 0.15) is 50.7 Å². The molecule has 0 aliphatic carbocycles. The van der Waals surface area contributed by atoms with Gasteiger partial charge in [0, 0.05) is 5.69 Å². The van der Waals surface area contributed by atoms with Crippen LogP contribution < -0.4 is 10.6 Å². The zero-order valence-electron chi connectivity index (χ0n) is 17.4. The van der Waals surface area contributed by atoms with Crippen molar-refractivity contribution in [1.29, 1.82) is 0 Å². The molecule has 0 unspecified atom stereocenters. The van der Waals surface area contributed by atoms with Crippen LogP contribution in [0.2, 0.25) is 0 Å². The molecule has 0 bridgehead atoms. The summed E-state index contributed by atoms with van der Waals surface area (Å²) in [5.41, 5.74) is 0.846. The van der Waals surface area contributed by atoms with E-state index in [-0.39, 0.29) is 12.3 Å². The summed E-state index contributed by atoms with van der Waals surface area (Å²) in [5.74, 6) is -1.16. The molecule has 4 amide bonds. The van der Waals surface area contributed by atoms with Gasteiger partial charge in [0.2, 0.25) is 5.91 Å². The van der Waals surface area contributed by atoms with Crippen LogP contribution in [-0.4, -0.2) is 29.3 Å². The first kappa shape index (κ1) is 21.5. The molecule has 2 N–H and O–H groups in total. The lowest BCUT2D eigenvalue weighted by Crippen LogP contribution is -2.44. The zero-order valence-corrected chi connectivity index (χ0v) is 17.4. The Morgan fingerprint density at radius 1 is 1.13 bits per heavy atom. The normalized spacial score (nSPS) is 19.5. The van der Waals surface area contributed by atoms with Crippen LogP contribution >= 0.6 is 0 Å². The predicted molar refractivity (Wildman–Crippen MR) is 112 cm³/mol. The number of imide groups is 1. The molecular formula is C23H26FN3O3. The van der Waals surface area contributed by atoms with E-state index < -0.39 is 35.7 Å². The van der Waals surface area contributed by atoms with Crippen molar-refractivity contribution in [2.75, 3.05) is 11.9 Å². The van der Waals surface area contributed by atoms with Gasteiger partial charge in [0.1, 0.15) is 17.9 Å². The van der Waals surface area contributed by atoms with E-state index in [1.165, 1.54) is 24.3 Å². The van der Waals surface area contributed by atoms with Gasteiger partial charge in [-0.2, -0.15) is 0 Å². The number of urea groups is 1. The monoisotopic (exact) mass is 411 g/mol. The number of hydrogen-bond donors (Lipinski definition) is 2. The van der Waals surface area contributed by atoms with E-state index in [0.29, 0.717) is 11.3 Å². The molecule has 0 spiro atoms. The van der Waals surface area contributed by atoms with Gasteiger partial charge in [-0.05, 0) is 48.1 Å². The molecule has 0 radical (unpaired) electrons. The molecule has 7 heteroatoms. The summed E-state index contributed by atoms with van der Waals surface area (Å²) in [6.45, 7) is 5.49. The van der Waals surface area contributed by atoms with Gasteiger partial charge < -0.3 is 10.6 Å². The van der Waals surface area contributed by atoms with Gasteiger partial charge in [0.25, 0.3) is 5.91 Å². The number of nitrogens with one attached hydrogen (secondary N) is 2. The van der Waals surface area contributed by atoms with Crippen molar-refractivity contribution >= 4 is 23.5 Å². The molecule has 0 aromatic heterocycles. The Kier molecular flexibility index (Phi) is 6.20. The van der Waals surface area contributed by atoms with Crippen molar-refractivity contribution in [3.05, 3.63) is 65.5 Å². The minimum atomic E-state index is -1.31. The molecule has 2 atom stereocenters. The van der Waals surface area contributed by atoms with Crippen LogP contribution in [0.25, 0.3) is 0 Å². The highest BCUT2D eigenvalue weighted by molar-refractivity contribution is 6.10. The largest absolute Gasteiger partial charge is 0.325 e. The number of carbonyl (C=O) groups excluding carboxylic acids is 3. The topological polar surface area (TPSA) is 78.5 Å². The fourth-order valence-corrected chi connectivity index (χ4v) is 3.74. The Bertz CT molecular complexity index is 960. The molecule has 2 aromatic carbocycles. The van der Waals surface area contributed by atoms with E-state index in [4.69, 9.17) is 0 Å². The summed E-state index contributed by atoms with van der Waals surface area (Å²) in [5, 5.41) is 5.52. The summed E-state index contributed by atoms with van der Waals surface area (Å²) < 4.78 is 13.3. The highest BCUT2D eigenvalue weighted by Gasteiger charge is 2.51. The Morgan fingerprint density at radius 2 is 1.80 bits per heavy atom. The predicted octanol–water partition coefficient (Wildman–Crippen LogP) is 4.14. The number of rotatable bonds is 7. The van der Waals surface area contributed by atoms with E-state index in [0.717, 1.165) is 16.9 Å². The number of amides is 4. The molecule has 1 aliphatic heterocycles. The Hall–Kier alpha value is -3.22. The van der Waals surface area contributed by atoms with Crippen LogP contribution in [0.4, 0.5) is 14.9 Å². The van der Waals surface area contributed by atoms with E-state index in [1.54, 1.807) is 13.0 Å². The van der Waals surface area contributed by atoms with Crippen LogP contribution in [0.15, 0.2) is 48.5 Å². The van der Waals surface area contributed by atoms with Crippen molar-refractivity contribution in [3.8, 4) is 0 Å². The molecule has 6 nitrogen and oxygen atoms in total. The smallest absolute Gasteiger partial charge is 0.324 e. The Morgan fingerprint density at radius 3 is 2.43 bits per heavy atom. The molecule has 1 saturated heterocycles. The molecule has 2 aromatic rings. The highest BCUT2D eigenvalue weighted by atomic mass is 19.1. The Balaban J connectivity index is 1.79. The lowest BCUT2D eigenvalue weighted by molar-refractivity contribution is -0.134. The number of carbonyl (C=O) groups is 3. The fraction of sp³-hybridized carbons (Fsp3) is 0.348. The third kappa shape index (κ3) is 3.92. The maximum absolute atomic E-state index is 13.3. The SMILES string of the molecule is CC[C@H](C)c1ccccc1NC(=O)CN1C(=O)N[C@@](CC)(c2ccc(F)cc2)C1=O. The second-order valence-corrected chi connectivity index (χ2v) is 7.53. The summed E-state index contributed by atoms with van der Waals surface area (Å²) in [4.78, 5) is 39.3. The number of benzene rings is 2. The molecule has 3 rings (SSSR count). The van der Waals surface area contributed by atoms with Gasteiger partial charge in [-0.15, -0.1) is 0 Å². The highest BCUT2D eigenvalue weighted by Crippen LogP contribution is 2.33. The van der Waals surface area contributed by atoms with Gasteiger partial charge >= 0.3 is 6.03 Å².